The van der Waals surface area contributed by atoms with Gasteiger partial charge < -0.3 is 10.1 Å². The van der Waals surface area contributed by atoms with E-state index in [0.717, 1.165) is 11.1 Å². The lowest BCUT2D eigenvalue weighted by Crippen LogP contribution is -2.23. The first-order chi connectivity index (χ1) is 12.0. The highest BCUT2D eigenvalue weighted by molar-refractivity contribution is 6.09. The second kappa shape index (κ2) is 6.81. The van der Waals surface area contributed by atoms with Crippen molar-refractivity contribution >= 4 is 22.7 Å². The molecule has 2 aromatic carbocycles. The summed E-state index contributed by atoms with van der Waals surface area (Å²) in [7, 11) is 1.57. The molecule has 1 heterocycles. The molecule has 1 N–H and O–H groups in total. The van der Waals surface area contributed by atoms with Crippen molar-refractivity contribution in [3.63, 3.8) is 0 Å². The quantitative estimate of drug-likeness (QED) is 0.792. The van der Waals surface area contributed by atoms with E-state index < -0.39 is 0 Å². The molecule has 5 nitrogen and oxygen atoms in total. The van der Waals surface area contributed by atoms with Gasteiger partial charge in [-0.15, -0.1) is 0 Å². The minimum Gasteiger partial charge on any atom is -0.497 e. The van der Waals surface area contributed by atoms with Gasteiger partial charge in [-0.05, 0) is 36.2 Å². The molecule has 1 aromatic heterocycles. The fraction of sp³-hybridized carbons (Fsp3) is 0.200. The number of methoxy groups -OCH3 is 1. The summed E-state index contributed by atoms with van der Waals surface area (Å²) in [5.41, 5.74) is 3.33. The summed E-state index contributed by atoms with van der Waals surface area (Å²) in [6.07, 6.45) is 1.58. The molecule has 0 aliphatic heterocycles. The van der Waals surface area contributed by atoms with Gasteiger partial charge >= 0.3 is 0 Å². The average Bonchev–Trinajstić information content (AvgIpc) is 2.99. The number of carbonyl (C=O) groups is 2. The van der Waals surface area contributed by atoms with Gasteiger partial charge in [-0.1, -0.05) is 24.3 Å². The van der Waals surface area contributed by atoms with E-state index in [0.29, 0.717) is 28.8 Å². The van der Waals surface area contributed by atoms with Gasteiger partial charge in [-0.25, -0.2) is 0 Å². The van der Waals surface area contributed by atoms with Crippen molar-refractivity contribution in [2.45, 2.75) is 20.4 Å². The Hall–Kier alpha value is -3.08. The van der Waals surface area contributed by atoms with Gasteiger partial charge in [-0.2, -0.15) is 0 Å². The van der Waals surface area contributed by atoms with Crippen LogP contribution in [0.2, 0.25) is 0 Å². The molecule has 0 aliphatic carbocycles. The van der Waals surface area contributed by atoms with Gasteiger partial charge in [0, 0.05) is 25.1 Å². The van der Waals surface area contributed by atoms with Crippen molar-refractivity contribution in [1.29, 1.82) is 0 Å². The van der Waals surface area contributed by atoms with Gasteiger partial charge in [0.2, 0.25) is 5.91 Å². The van der Waals surface area contributed by atoms with Crippen molar-refractivity contribution in [3.8, 4) is 5.75 Å². The topological polar surface area (TPSA) is 60.3 Å². The number of carbonyl (C=O) groups excluding carboxylic acids is 2. The summed E-state index contributed by atoms with van der Waals surface area (Å²) >= 11 is 0. The van der Waals surface area contributed by atoms with E-state index in [4.69, 9.17) is 4.74 Å². The van der Waals surface area contributed by atoms with Crippen LogP contribution < -0.4 is 10.1 Å². The molecule has 0 aliphatic rings. The SMILES string of the molecule is COc1ccc2c(c1)c(C(=O)NCc1ccccc1C)cn2C(C)=O. The molecule has 3 aromatic rings. The number of nitrogens with zero attached hydrogens (tertiary/aromatic N) is 1. The number of aryl methyl sites for hydroxylation is 1. The smallest absolute Gasteiger partial charge is 0.253 e. The van der Waals surface area contributed by atoms with Gasteiger partial charge in [-0.3, -0.25) is 14.2 Å². The van der Waals surface area contributed by atoms with Crippen LogP contribution in [0.25, 0.3) is 10.9 Å². The van der Waals surface area contributed by atoms with Crippen LogP contribution in [-0.4, -0.2) is 23.5 Å². The van der Waals surface area contributed by atoms with Gasteiger partial charge in [0.25, 0.3) is 5.91 Å². The Labute approximate surface area is 146 Å². The fourth-order valence-corrected chi connectivity index (χ4v) is 2.86. The minimum atomic E-state index is -0.221. The van der Waals surface area contributed by atoms with E-state index in [9.17, 15) is 9.59 Å². The highest BCUT2D eigenvalue weighted by Gasteiger charge is 2.17. The molecular weight excluding hydrogens is 316 g/mol. The molecule has 0 spiro atoms. The van der Waals surface area contributed by atoms with E-state index in [-0.39, 0.29) is 11.8 Å². The summed E-state index contributed by atoms with van der Waals surface area (Å²) in [5, 5.41) is 3.63. The molecule has 0 radical (unpaired) electrons. The van der Waals surface area contributed by atoms with Crippen molar-refractivity contribution < 1.29 is 14.3 Å². The highest BCUT2D eigenvalue weighted by Crippen LogP contribution is 2.26. The van der Waals surface area contributed by atoms with E-state index in [1.54, 1.807) is 31.5 Å². The molecule has 5 heteroatoms. The summed E-state index contributed by atoms with van der Waals surface area (Å²) < 4.78 is 6.73. The first-order valence-electron chi connectivity index (χ1n) is 8.04. The normalized spacial score (nSPS) is 10.7. The highest BCUT2D eigenvalue weighted by atomic mass is 16.5. The zero-order chi connectivity index (χ0) is 18.0. The Kier molecular flexibility index (Phi) is 4.57. The molecule has 0 saturated heterocycles. The number of nitrogens with one attached hydrogen (secondary N) is 1. The van der Waals surface area contributed by atoms with Crippen LogP contribution in [0.4, 0.5) is 0 Å². The Bertz CT molecular complexity index is 957. The van der Waals surface area contributed by atoms with Crippen molar-refractivity contribution in [1.82, 2.24) is 9.88 Å². The Balaban J connectivity index is 1.95. The van der Waals surface area contributed by atoms with Crippen LogP contribution >= 0.6 is 0 Å². The molecule has 25 heavy (non-hydrogen) atoms. The third kappa shape index (κ3) is 3.26. The first kappa shape index (κ1) is 16.8. The maximum Gasteiger partial charge on any atom is 0.253 e. The Morgan fingerprint density at radius 1 is 1.16 bits per heavy atom. The molecule has 128 valence electrons. The van der Waals surface area contributed by atoms with Gasteiger partial charge in [0.15, 0.2) is 0 Å². The molecular formula is C20H20N2O3. The number of ether oxygens (including phenoxy) is 1. The second-order valence-corrected chi connectivity index (χ2v) is 5.92. The zero-order valence-electron chi connectivity index (χ0n) is 14.5. The second-order valence-electron chi connectivity index (χ2n) is 5.92. The minimum absolute atomic E-state index is 0.145. The van der Waals surface area contributed by atoms with Crippen LogP contribution in [-0.2, 0) is 6.54 Å². The standard InChI is InChI=1S/C20H20N2O3/c1-13-6-4-5-7-15(13)11-21-20(24)18-12-22(14(2)23)19-9-8-16(25-3)10-17(18)19/h4-10,12H,11H2,1-3H3,(H,21,24). The van der Waals surface area contributed by atoms with Crippen LogP contribution in [0, 0.1) is 6.92 Å². The van der Waals surface area contributed by atoms with Gasteiger partial charge in [0.05, 0.1) is 18.2 Å². The van der Waals surface area contributed by atoms with Gasteiger partial charge in [0.1, 0.15) is 5.75 Å². The maximum atomic E-state index is 12.7. The first-order valence-corrected chi connectivity index (χ1v) is 8.04. The Morgan fingerprint density at radius 3 is 2.60 bits per heavy atom. The summed E-state index contributed by atoms with van der Waals surface area (Å²) in [4.78, 5) is 24.6. The average molecular weight is 336 g/mol. The molecule has 1 amide bonds. The molecule has 0 atom stereocenters. The van der Waals surface area contributed by atoms with Crippen molar-refractivity contribution in [2.24, 2.45) is 0 Å². The number of hydrogen-bond donors (Lipinski definition) is 1. The fourth-order valence-electron chi connectivity index (χ4n) is 2.86. The number of fused-ring (bicyclic) bond motifs is 1. The van der Waals surface area contributed by atoms with E-state index in [1.807, 2.05) is 31.2 Å². The number of amides is 1. The molecule has 0 unspecified atom stereocenters. The molecule has 0 bridgehead atoms. The third-order valence-electron chi connectivity index (χ3n) is 4.30. The van der Waals surface area contributed by atoms with Crippen LogP contribution in [0.15, 0.2) is 48.7 Å². The van der Waals surface area contributed by atoms with Crippen molar-refractivity contribution in [2.75, 3.05) is 7.11 Å². The largest absolute Gasteiger partial charge is 0.497 e. The molecule has 3 rings (SSSR count). The predicted molar refractivity (Wildman–Crippen MR) is 97.1 cm³/mol. The number of aromatic nitrogens is 1. The lowest BCUT2D eigenvalue weighted by atomic mass is 10.1. The lowest BCUT2D eigenvalue weighted by molar-refractivity contribution is 0.0941. The van der Waals surface area contributed by atoms with Crippen LogP contribution in [0.1, 0.15) is 33.2 Å². The van der Waals surface area contributed by atoms with Crippen molar-refractivity contribution in [3.05, 3.63) is 65.4 Å². The number of hydrogen-bond acceptors (Lipinski definition) is 3. The molecule has 0 fully saturated rings. The summed E-state index contributed by atoms with van der Waals surface area (Å²) in [6.45, 7) is 3.91. The monoisotopic (exact) mass is 336 g/mol. The summed E-state index contributed by atoms with van der Waals surface area (Å²) in [6, 6.07) is 13.2. The maximum absolute atomic E-state index is 12.7. The summed E-state index contributed by atoms with van der Waals surface area (Å²) in [5.74, 6) is 0.274. The number of benzene rings is 2. The van der Waals surface area contributed by atoms with E-state index in [1.165, 1.54) is 11.5 Å². The third-order valence-corrected chi connectivity index (χ3v) is 4.30. The van der Waals surface area contributed by atoms with E-state index >= 15 is 0 Å². The lowest BCUT2D eigenvalue weighted by Gasteiger charge is -2.07. The predicted octanol–water partition coefficient (Wildman–Crippen LogP) is 3.55. The zero-order valence-corrected chi connectivity index (χ0v) is 14.5. The molecule has 0 saturated carbocycles. The van der Waals surface area contributed by atoms with Crippen LogP contribution in [0.5, 0.6) is 5.75 Å². The Morgan fingerprint density at radius 2 is 1.92 bits per heavy atom. The van der Waals surface area contributed by atoms with Crippen LogP contribution in [0.3, 0.4) is 0 Å². The number of rotatable bonds is 4. The van der Waals surface area contributed by atoms with E-state index in [2.05, 4.69) is 5.32 Å².